The normalized spacial score (nSPS) is 17.7. The molecule has 0 aliphatic carbocycles. The predicted octanol–water partition coefficient (Wildman–Crippen LogP) is 4.31. The van der Waals surface area contributed by atoms with Crippen molar-refractivity contribution in [1.82, 2.24) is 9.88 Å². The molecule has 0 amide bonds. The predicted molar refractivity (Wildman–Crippen MR) is 145 cm³/mol. The van der Waals surface area contributed by atoms with Gasteiger partial charge in [-0.2, -0.15) is 0 Å². The van der Waals surface area contributed by atoms with Crippen molar-refractivity contribution in [3.8, 4) is 11.5 Å². The summed E-state index contributed by atoms with van der Waals surface area (Å²) in [5.74, 6) is 0.968. The minimum absolute atomic E-state index is 0.0407. The third-order valence-corrected chi connectivity index (χ3v) is 6.88. The molecule has 2 aromatic carbocycles. The zero-order chi connectivity index (χ0) is 26.4. The van der Waals surface area contributed by atoms with Crippen LogP contribution in [0.15, 0.2) is 54.7 Å². The fourth-order valence-electron chi connectivity index (χ4n) is 4.66. The number of rotatable bonds is 10. The molecule has 0 unspecified atom stereocenters. The zero-order valence-electron chi connectivity index (χ0n) is 21.5. The molecule has 3 aromatic rings. The summed E-state index contributed by atoms with van der Waals surface area (Å²) in [5, 5.41) is 16.6. The number of nitrogens with two attached hydrogens (primary N) is 1. The van der Waals surface area contributed by atoms with Crippen LogP contribution in [0.3, 0.4) is 0 Å². The van der Waals surface area contributed by atoms with E-state index in [0.29, 0.717) is 35.5 Å². The minimum Gasteiger partial charge on any atom is -0.493 e. The van der Waals surface area contributed by atoms with E-state index in [1.54, 1.807) is 14.2 Å². The number of nitrogen functional groups attached to an aromatic ring is 1. The van der Waals surface area contributed by atoms with Gasteiger partial charge in [0, 0.05) is 31.9 Å². The van der Waals surface area contributed by atoms with Crippen LogP contribution < -0.4 is 25.8 Å². The topological polar surface area (TPSA) is 122 Å². The number of nitrogens with zero attached hydrogens (tertiary/aromatic N) is 2. The first-order valence-electron chi connectivity index (χ1n) is 12.4. The van der Waals surface area contributed by atoms with Crippen LogP contribution in [0.5, 0.6) is 11.5 Å². The summed E-state index contributed by atoms with van der Waals surface area (Å²) >= 11 is 0. The Morgan fingerprint density at radius 2 is 1.89 bits per heavy atom. The second-order valence-electron chi connectivity index (χ2n) is 9.39. The number of hydrogen-bond donors (Lipinski definition) is 4. The van der Waals surface area contributed by atoms with Crippen LogP contribution in [0.2, 0.25) is 0 Å². The number of carboxylic acid groups (broad SMARTS) is 1. The maximum Gasteiger partial charge on any atom is 0.339 e. The molecule has 4 rings (SSSR count). The Hall–Kier alpha value is -3.98. The highest BCUT2D eigenvalue weighted by Crippen LogP contribution is 2.33. The van der Waals surface area contributed by atoms with Gasteiger partial charge < -0.3 is 30.9 Å². The molecule has 2 atom stereocenters. The number of piperidine rings is 1. The standard InChI is InChI=1S/C28H35N5O4/c1-18-11-12-33(16-19-7-5-4-6-8-19)17-22(18)32-26-21(28(34)35)15-31-27(25(26)29)30-14-20-9-10-23(36-2)24(13-20)37-3/h4-10,13,15,18,22H,11-12,14,16-17,29H2,1-3H3,(H,34,35)(H2,30,31,32)/t18-,22+/m1/s1. The van der Waals surface area contributed by atoms with E-state index in [9.17, 15) is 9.90 Å². The van der Waals surface area contributed by atoms with E-state index in [4.69, 9.17) is 15.2 Å². The monoisotopic (exact) mass is 505 g/mol. The van der Waals surface area contributed by atoms with E-state index in [1.807, 2.05) is 36.4 Å². The Morgan fingerprint density at radius 1 is 1.14 bits per heavy atom. The van der Waals surface area contributed by atoms with Gasteiger partial charge in [-0.3, -0.25) is 4.90 Å². The van der Waals surface area contributed by atoms with Crippen LogP contribution in [0, 0.1) is 5.92 Å². The number of hydrogen-bond acceptors (Lipinski definition) is 8. The first kappa shape index (κ1) is 26.1. The van der Waals surface area contributed by atoms with Crippen molar-refractivity contribution >= 4 is 23.2 Å². The SMILES string of the molecule is COc1ccc(CNc2ncc(C(=O)O)c(N[C@H]3CN(Cc4ccccc4)CC[C@H]3C)c2N)cc1OC. The van der Waals surface area contributed by atoms with Gasteiger partial charge in [0.15, 0.2) is 17.3 Å². The fraction of sp³-hybridized carbons (Fsp3) is 0.357. The molecular formula is C28H35N5O4. The van der Waals surface area contributed by atoms with Crippen molar-refractivity contribution in [1.29, 1.82) is 0 Å². The van der Waals surface area contributed by atoms with Crippen molar-refractivity contribution in [2.24, 2.45) is 5.92 Å². The number of nitrogens with one attached hydrogen (secondary N) is 2. The number of benzene rings is 2. The average Bonchev–Trinajstić information content (AvgIpc) is 2.91. The molecule has 0 radical (unpaired) electrons. The fourth-order valence-corrected chi connectivity index (χ4v) is 4.66. The molecule has 1 fully saturated rings. The number of ether oxygens (including phenoxy) is 2. The quantitative estimate of drug-likeness (QED) is 0.319. The molecule has 1 aliphatic heterocycles. The van der Waals surface area contributed by atoms with Gasteiger partial charge in [0.2, 0.25) is 0 Å². The summed E-state index contributed by atoms with van der Waals surface area (Å²) in [4.78, 5) is 18.7. The van der Waals surface area contributed by atoms with Gasteiger partial charge in [0.25, 0.3) is 0 Å². The number of pyridine rings is 1. The van der Waals surface area contributed by atoms with Crippen LogP contribution in [-0.2, 0) is 13.1 Å². The molecule has 37 heavy (non-hydrogen) atoms. The lowest BCUT2D eigenvalue weighted by atomic mass is 9.92. The van der Waals surface area contributed by atoms with Crippen LogP contribution in [-0.4, -0.2) is 54.3 Å². The zero-order valence-corrected chi connectivity index (χ0v) is 21.5. The Labute approximate surface area is 217 Å². The van der Waals surface area contributed by atoms with Gasteiger partial charge in [-0.1, -0.05) is 43.3 Å². The van der Waals surface area contributed by atoms with Crippen molar-refractivity contribution in [3.05, 3.63) is 71.4 Å². The summed E-state index contributed by atoms with van der Waals surface area (Å²) in [6.45, 7) is 5.23. The Bertz CT molecular complexity index is 1220. The number of methoxy groups -OCH3 is 2. The highest BCUT2D eigenvalue weighted by atomic mass is 16.5. The Balaban J connectivity index is 1.52. The molecule has 0 bridgehead atoms. The van der Waals surface area contributed by atoms with Crippen LogP contribution >= 0.6 is 0 Å². The average molecular weight is 506 g/mol. The number of likely N-dealkylation sites (tertiary alicyclic amines) is 1. The lowest BCUT2D eigenvalue weighted by Gasteiger charge is -2.38. The molecular weight excluding hydrogens is 470 g/mol. The van der Waals surface area contributed by atoms with E-state index in [1.165, 1.54) is 11.8 Å². The van der Waals surface area contributed by atoms with E-state index in [2.05, 4.69) is 39.6 Å². The van der Waals surface area contributed by atoms with Crippen molar-refractivity contribution in [2.75, 3.05) is 43.7 Å². The molecule has 9 heteroatoms. The third-order valence-electron chi connectivity index (χ3n) is 6.88. The first-order valence-corrected chi connectivity index (χ1v) is 12.4. The van der Waals surface area contributed by atoms with E-state index < -0.39 is 5.97 Å². The second-order valence-corrected chi connectivity index (χ2v) is 9.39. The molecule has 5 N–H and O–H groups in total. The van der Waals surface area contributed by atoms with E-state index >= 15 is 0 Å². The molecule has 1 aliphatic rings. The molecule has 9 nitrogen and oxygen atoms in total. The highest BCUT2D eigenvalue weighted by molar-refractivity contribution is 5.99. The lowest BCUT2D eigenvalue weighted by molar-refractivity contribution is 0.0697. The summed E-state index contributed by atoms with van der Waals surface area (Å²) in [6.07, 6.45) is 2.36. The first-order chi connectivity index (χ1) is 17.9. The van der Waals surface area contributed by atoms with Crippen LogP contribution in [0.4, 0.5) is 17.2 Å². The summed E-state index contributed by atoms with van der Waals surface area (Å²) in [5.41, 5.74) is 9.43. The van der Waals surface area contributed by atoms with Gasteiger partial charge in [-0.05, 0) is 42.1 Å². The molecule has 2 heterocycles. The number of carbonyl (C=O) groups is 1. The molecule has 0 saturated carbocycles. The van der Waals surface area contributed by atoms with Crippen LogP contribution in [0.1, 0.15) is 34.8 Å². The van der Waals surface area contributed by atoms with Crippen LogP contribution in [0.25, 0.3) is 0 Å². The van der Waals surface area contributed by atoms with Crippen molar-refractivity contribution < 1.29 is 19.4 Å². The maximum atomic E-state index is 12.0. The smallest absolute Gasteiger partial charge is 0.339 e. The number of carboxylic acids is 1. The number of aromatic carboxylic acids is 1. The molecule has 0 spiro atoms. The molecule has 1 aromatic heterocycles. The third kappa shape index (κ3) is 6.24. The van der Waals surface area contributed by atoms with Gasteiger partial charge >= 0.3 is 5.97 Å². The summed E-state index contributed by atoms with van der Waals surface area (Å²) < 4.78 is 10.7. The van der Waals surface area contributed by atoms with Gasteiger partial charge in [0.05, 0.1) is 25.6 Å². The van der Waals surface area contributed by atoms with Crippen molar-refractivity contribution in [2.45, 2.75) is 32.5 Å². The minimum atomic E-state index is -1.07. The molecule has 1 saturated heterocycles. The number of aromatic nitrogens is 1. The second kappa shape index (κ2) is 11.8. The van der Waals surface area contributed by atoms with Gasteiger partial charge in [0.1, 0.15) is 5.56 Å². The number of anilines is 3. The maximum absolute atomic E-state index is 12.0. The van der Waals surface area contributed by atoms with Gasteiger partial charge in [-0.25, -0.2) is 9.78 Å². The highest BCUT2D eigenvalue weighted by Gasteiger charge is 2.29. The Kier molecular flexibility index (Phi) is 8.35. The summed E-state index contributed by atoms with van der Waals surface area (Å²) in [6, 6.07) is 16.0. The van der Waals surface area contributed by atoms with Crippen molar-refractivity contribution in [3.63, 3.8) is 0 Å². The Morgan fingerprint density at radius 3 is 2.59 bits per heavy atom. The lowest BCUT2D eigenvalue weighted by Crippen LogP contribution is -2.46. The van der Waals surface area contributed by atoms with E-state index in [-0.39, 0.29) is 17.3 Å². The summed E-state index contributed by atoms with van der Waals surface area (Å²) in [7, 11) is 3.18. The largest absolute Gasteiger partial charge is 0.493 e. The van der Waals surface area contributed by atoms with Gasteiger partial charge in [-0.15, -0.1) is 0 Å². The van der Waals surface area contributed by atoms with E-state index in [0.717, 1.165) is 31.6 Å². The molecule has 196 valence electrons.